The molecule has 0 aliphatic carbocycles. The highest BCUT2D eigenvalue weighted by molar-refractivity contribution is 5.35. The zero-order valence-corrected chi connectivity index (χ0v) is 10.7. The zero-order chi connectivity index (χ0) is 13.5. The highest BCUT2D eigenvalue weighted by atomic mass is 16.6. The van der Waals surface area contributed by atoms with Crippen LogP contribution in [0.25, 0.3) is 0 Å². The van der Waals surface area contributed by atoms with E-state index in [0.29, 0.717) is 0 Å². The fourth-order valence-electron chi connectivity index (χ4n) is 1.74. The smallest absolute Gasteiger partial charge is 0.269 e. The third-order valence-electron chi connectivity index (χ3n) is 2.85. The molecule has 0 aliphatic heterocycles. The van der Waals surface area contributed by atoms with Gasteiger partial charge in [0.25, 0.3) is 5.69 Å². The molecule has 0 aromatic heterocycles. The third-order valence-corrected chi connectivity index (χ3v) is 2.85. The maximum absolute atomic E-state index is 10.6. The Kier molecular flexibility index (Phi) is 5.28. The summed E-state index contributed by atoms with van der Waals surface area (Å²) in [7, 11) is 1.89. The maximum atomic E-state index is 10.6. The van der Waals surface area contributed by atoms with Gasteiger partial charge in [0.1, 0.15) is 6.04 Å². The molecule has 1 atom stereocenters. The van der Waals surface area contributed by atoms with E-state index in [2.05, 4.69) is 13.0 Å². The van der Waals surface area contributed by atoms with Crippen molar-refractivity contribution >= 4 is 5.69 Å². The molecular weight excluding hydrogens is 230 g/mol. The third kappa shape index (κ3) is 3.54. The maximum Gasteiger partial charge on any atom is 0.269 e. The Labute approximate surface area is 107 Å². The van der Waals surface area contributed by atoms with E-state index in [1.807, 2.05) is 11.9 Å². The highest BCUT2D eigenvalue weighted by Crippen LogP contribution is 2.21. The summed E-state index contributed by atoms with van der Waals surface area (Å²) in [6.45, 7) is 2.94. The minimum Gasteiger partial charge on any atom is -0.287 e. The van der Waals surface area contributed by atoms with Crippen LogP contribution in [0.2, 0.25) is 0 Å². The van der Waals surface area contributed by atoms with Crippen LogP contribution in [0, 0.1) is 21.4 Å². The number of benzene rings is 1. The summed E-state index contributed by atoms with van der Waals surface area (Å²) in [6.07, 6.45) is 2.10. The molecule has 18 heavy (non-hydrogen) atoms. The second-order valence-corrected chi connectivity index (χ2v) is 4.21. The van der Waals surface area contributed by atoms with Crippen molar-refractivity contribution in [2.24, 2.45) is 0 Å². The molecule has 0 bridgehead atoms. The molecule has 0 amide bonds. The van der Waals surface area contributed by atoms with Crippen LogP contribution in [0.15, 0.2) is 24.3 Å². The largest absolute Gasteiger partial charge is 0.287 e. The van der Waals surface area contributed by atoms with Crippen molar-refractivity contribution in [1.29, 1.82) is 5.26 Å². The second-order valence-electron chi connectivity index (χ2n) is 4.21. The van der Waals surface area contributed by atoms with Crippen LogP contribution < -0.4 is 0 Å². The molecule has 1 unspecified atom stereocenters. The summed E-state index contributed by atoms with van der Waals surface area (Å²) in [5.41, 5.74) is 0.841. The molecule has 0 saturated heterocycles. The Morgan fingerprint density at radius 1 is 1.44 bits per heavy atom. The lowest BCUT2D eigenvalue weighted by Crippen LogP contribution is -2.24. The normalized spacial score (nSPS) is 12.1. The number of nitro benzene ring substituents is 1. The van der Waals surface area contributed by atoms with E-state index in [9.17, 15) is 15.4 Å². The molecule has 1 rings (SSSR count). The Hall–Kier alpha value is -1.93. The van der Waals surface area contributed by atoms with Gasteiger partial charge in [0.2, 0.25) is 0 Å². The van der Waals surface area contributed by atoms with Gasteiger partial charge in [-0.25, -0.2) is 0 Å². The number of nitro groups is 1. The number of hydrogen-bond acceptors (Lipinski definition) is 4. The summed E-state index contributed by atoms with van der Waals surface area (Å²) in [5, 5.41) is 19.8. The van der Waals surface area contributed by atoms with Crippen LogP contribution in [0.4, 0.5) is 5.69 Å². The lowest BCUT2D eigenvalue weighted by molar-refractivity contribution is -0.384. The molecule has 5 nitrogen and oxygen atoms in total. The Bertz CT molecular complexity index is 437. The molecule has 0 radical (unpaired) electrons. The van der Waals surface area contributed by atoms with Crippen molar-refractivity contribution in [3.8, 4) is 6.07 Å². The van der Waals surface area contributed by atoms with E-state index in [1.54, 1.807) is 12.1 Å². The minimum atomic E-state index is -0.439. The topological polar surface area (TPSA) is 70.2 Å². The SMILES string of the molecule is CCCCN(C)C(C#N)c1ccc([N+](=O)[O-])cc1. The Morgan fingerprint density at radius 3 is 2.50 bits per heavy atom. The van der Waals surface area contributed by atoms with Gasteiger partial charge >= 0.3 is 0 Å². The first-order chi connectivity index (χ1) is 8.60. The van der Waals surface area contributed by atoms with E-state index < -0.39 is 4.92 Å². The molecule has 0 saturated carbocycles. The molecule has 1 aromatic carbocycles. The molecule has 1 aromatic rings. The van der Waals surface area contributed by atoms with Gasteiger partial charge in [0.05, 0.1) is 11.0 Å². The molecule has 0 fully saturated rings. The average Bonchev–Trinajstić information content (AvgIpc) is 2.37. The minimum absolute atomic E-state index is 0.0478. The van der Waals surface area contributed by atoms with Crippen LogP contribution in [0.3, 0.4) is 0 Å². The highest BCUT2D eigenvalue weighted by Gasteiger charge is 2.16. The summed E-state index contributed by atoms with van der Waals surface area (Å²) < 4.78 is 0. The predicted octanol–water partition coefficient (Wildman–Crippen LogP) is 2.89. The van der Waals surface area contributed by atoms with E-state index >= 15 is 0 Å². The van der Waals surface area contributed by atoms with Crippen LogP contribution >= 0.6 is 0 Å². The van der Waals surface area contributed by atoms with E-state index in [1.165, 1.54) is 12.1 Å². The molecular formula is C13H17N3O2. The Balaban J connectivity index is 2.82. The number of unbranched alkanes of at least 4 members (excludes halogenated alkanes) is 1. The second kappa shape index (κ2) is 6.72. The lowest BCUT2D eigenvalue weighted by Gasteiger charge is -2.22. The van der Waals surface area contributed by atoms with Crippen molar-refractivity contribution in [1.82, 2.24) is 4.90 Å². The van der Waals surface area contributed by atoms with Gasteiger partial charge in [-0.05, 0) is 37.7 Å². The standard InChI is InChI=1S/C13H17N3O2/c1-3-4-9-15(2)13(10-14)11-5-7-12(8-6-11)16(17)18/h5-8,13H,3-4,9H2,1-2H3. The molecule has 0 spiro atoms. The average molecular weight is 247 g/mol. The van der Waals surface area contributed by atoms with Gasteiger partial charge in [0.15, 0.2) is 0 Å². The van der Waals surface area contributed by atoms with Crippen LogP contribution in [0.1, 0.15) is 31.4 Å². The number of rotatable bonds is 6. The number of non-ortho nitro benzene ring substituents is 1. The number of nitrogens with zero attached hydrogens (tertiary/aromatic N) is 3. The van der Waals surface area contributed by atoms with Crippen molar-refractivity contribution in [2.75, 3.05) is 13.6 Å². The fraction of sp³-hybridized carbons (Fsp3) is 0.462. The predicted molar refractivity (Wildman–Crippen MR) is 69.0 cm³/mol. The number of hydrogen-bond donors (Lipinski definition) is 0. The first-order valence-electron chi connectivity index (χ1n) is 5.94. The van der Waals surface area contributed by atoms with Crippen LogP contribution in [0.5, 0.6) is 0 Å². The van der Waals surface area contributed by atoms with Crippen molar-refractivity contribution in [3.05, 3.63) is 39.9 Å². The number of nitriles is 1. The van der Waals surface area contributed by atoms with Crippen LogP contribution in [-0.2, 0) is 0 Å². The summed E-state index contributed by atoms with van der Waals surface area (Å²) >= 11 is 0. The first-order valence-corrected chi connectivity index (χ1v) is 5.94. The van der Waals surface area contributed by atoms with E-state index in [0.717, 1.165) is 24.9 Å². The van der Waals surface area contributed by atoms with Crippen molar-refractivity contribution in [3.63, 3.8) is 0 Å². The summed E-state index contributed by atoms with van der Waals surface area (Å²) in [5.74, 6) is 0. The van der Waals surface area contributed by atoms with Gasteiger partial charge < -0.3 is 0 Å². The molecule has 96 valence electrons. The molecule has 0 N–H and O–H groups in total. The van der Waals surface area contributed by atoms with Gasteiger partial charge in [-0.2, -0.15) is 5.26 Å². The van der Waals surface area contributed by atoms with Gasteiger partial charge in [-0.1, -0.05) is 13.3 Å². The van der Waals surface area contributed by atoms with E-state index in [4.69, 9.17) is 0 Å². The van der Waals surface area contributed by atoms with Crippen LogP contribution in [-0.4, -0.2) is 23.4 Å². The van der Waals surface area contributed by atoms with Crippen molar-refractivity contribution < 1.29 is 4.92 Å². The zero-order valence-electron chi connectivity index (χ0n) is 10.7. The molecule has 0 heterocycles. The summed E-state index contributed by atoms with van der Waals surface area (Å²) in [6, 6.07) is 8.05. The molecule has 0 aliphatic rings. The van der Waals surface area contributed by atoms with Crippen molar-refractivity contribution in [2.45, 2.75) is 25.8 Å². The van der Waals surface area contributed by atoms with Gasteiger partial charge in [0, 0.05) is 12.1 Å². The summed E-state index contributed by atoms with van der Waals surface area (Å²) in [4.78, 5) is 12.1. The first kappa shape index (κ1) is 14.1. The quantitative estimate of drug-likeness (QED) is 0.572. The van der Waals surface area contributed by atoms with Gasteiger partial charge in [-0.3, -0.25) is 15.0 Å². The monoisotopic (exact) mass is 247 g/mol. The lowest BCUT2D eigenvalue weighted by atomic mass is 10.1. The van der Waals surface area contributed by atoms with Gasteiger partial charge in [-0.15, -0.1) is 0 Å². The molecule has 5 heteroatoms. The Morgan fingerprint density at radius 2 is 2.06 bits per heavy atom. The van der Waals surface area contributed by atoms with E-state index in [-0.39, 0.29) is 11.7 Å². The fourth-order valence-corrected chi connectivity index (χ4v) is 1.74.